The van der Waals surface area contributed by atoms with Crippen LogP contribution in [0.2, 0.25) is 0 Å². The summed E-state index contributed by atoms with van der Waals surface area (Å²) in [6.45, 7) is 3.61. The van der Waals surface area contributed by atoms with Crippen LogP contribution in [0.5, 0.6) is 0 Å². The van der Waals surface area contributed by atoms with Gasteiger partial charge in [0.25, 0.3) is 0 Å². The summed E-state index contributed by atoms with van der Waals surface area (Å²) in [5.41, 5.74) is 10.1. The van der Waals surface area contributed by atoms with Crippen LogP contribution < -0.4 is 11.5 Å². The Morgan fingerprint density at radius 1 is 0.800 bits per heavy atom. The first-order valence-corrected chi connectivity index (χ1v) is 12.1. The number of unbranched alkanes of at least 4 members (excludes halogenated alkanes) is 11. The third-order valence-electron chi connectivity index (χ3n) is 5.04. The Labute approximate surface area is 185 Å². The van der Waals surface area contributed by atoms with E-state index in [2.05, 4.69) is 19.1 Å². The van der Waals surface area contributed by atoms with Crippen LogP contribution in [-0.2, 0) is 4.79 Å². The Balaban J connectivity index is 0. The molecular weight excluding hydrogens is 380 g/mol. The molecule has 2 unspecified atom stereocenters. The van der Waals surface area contributed by atoms with Gasteiger partial charge in [0.15, 0.2) is 5.78 Å². The first kappa shape index (κ1) is 31.4. The molecule has 0 radical (unpaired) electrons. The maximum absolute atomic E-state index is 11.5. The molecule has 0 aromatic heterocycles. The molecule has 0 bridgehead atoms. The number of carbonyl (C=O) groups excluding carboxylic acids is 1. The van der Waals surface area contributed by atoms with Crippen molar-refractivity contribution in [3.63, 3.8) is 0 Å². The number of Topliss-reactive ketones (excluding diaryl/α,β-unsaturated/α-hetero) is 1. The quantitative estimate of drug-likeness (QED) is 0.120. The molecule has 0 aliphatic heterocycles. The summed E-state index contributed by atoms with van der Waals surface area (Å²) in [5.74, 6) is -0.376. The fourth-order valence-electron chi connectivity index (χ4n) is 2.83. The van der Waals surface area contributed by atoms with Crippen LogP contribution >= 0.6 is 0 Å². The maximum Gasteiger partial charge on any atom is 0.164 e. The smallest absolute Gasteiger partial charge is 0.164 e. The lowest BCUT2D eigenvalue weighted by molar-refractivity contribution is -0.134. The molecule has 6 nitrogen and oxygen atoms in total. The highest BCUT2D eigenvalue weighted by Crippen LogP contribution is 2.11. The second-order valence-corrected chi connectivity index (χ2v) is 8.07. The predicted molar refractivity (Wildman–Crippen MR) is 126 cm³/mol. The highest BCUT2D eigenvalue weighted by molar-refractivity contribution is 5.83. The molecule has 0 saturated carbocycles. The first-order valence-electron chi connectivity index (χ1n) is 12.1. The van der Waals surface area contributed by atoms with Gasteiger partial charge in [-0.1, -0.05) is 77.4 Å². The van der Waals surface area contributed by atoms with E-state index in [1.807, 2.05) is 6.92 Å². The van der Waals surface area contributed by atoms with E-state index >= 15 is 0 Å². The van der Waals surface area contributed by atoms with Crippen LogP contribution in [0.1, 0.15) is 110 Å². The summed E-state index contributed by atoms with van der Waals surface area (Å²) >= 11 is 0. The number of aliphatic hydroxyl groups is 3. The van der Waals surface area contributed by atoms with Gasteiger partial charge in [0, 0.05) is 6.42 Å². The minimum Gasteiger partial charge on any atom is -0.394 e. The van der Waals surface area contributed by atoms with Crippen LogP contribution in [0.15, 0.2) is 12.2 Å². The van der Waals surface area contributed by atoms with Crippen molar-refractivity contribution < 1.29 is 20.1 Å². The molecule has 0 saturated heterocycles. The third-order valence-corrected chi connectivity index (χ3v) is 5.04. The number of allylic oxidation sites excluding steroid dienone is 2. The summed E-state index contributed by atoms with van der Waals surface area (Å²) in [6, 6.07) is 0. The monoisotopic (exact) mass is 430 g/mol. The summed E-state index contributed by atoms with van der Waals surface area (Å²) in [7, 11) is 0. The molecule has 0 aliphatic rings. The van der Waals surface area contributed by atoms with Gasteiger partial charge in [-0.2, -0.15) is 0 Å². The molecule has 0 aromatic carbocycles. The van der Waals surface area contributed by atoms with E-state index in [1.54, 1.807) is 0 Å². The highest BCUT2D eigenvalue weighted by atomic mass is 16.4. The third kappa shape index (κ3) is 23.5. The van der Waals surface area contributed by atoms with Crippen molar-refractivity contribution in [1.29, 1.82) is 0 Å². The molecule has 30 heavy (non-hydrogen) atoms. The number of hydrogen-bond donors (Lipinski definition) is 5. The molecular formula is C24H50N2O4. The van der Waals surface area contributed by atoms with Crippen LogP contribution in [0.4, 0.5) is 0 Å². The highest BCUT2D eigenvalue weighted by Gasteiger charge is 2.22. The minimum atomic E-state index is -1.44. The number of carbonyl (C=O) groups is 1. The summed E-state index contributed by atoms with van der Waals surface area (Å²) in [4.78, 5) is 11.5. The Kier molecular flexibility index (Phi) is 25.6. The Hall–Kier alpha value is -0.790. The number of ketones is 1. The number of rotatable bonds is 19. The van der Waals surface area contributed by atoms with Crippen LogP contribution in [-0.4, -0.2) is 46.1 Å². The van der Waals surface area contributed by atoms with Crippen molar-refractivity contribution in [3.8, 4) is 0 Å². The lowest BCUT2D eigenvalue weighted by atomic mass is 10.0. The summed E-state index contributed by atoms with van der Waals surface area (Å²) in [6.07, 6.45) is 18.4. The van der Waals surface area contributed by atoms with E-state index in [1.165, 1.54) is 51.4 Å². The molecule has 0 amide bonds. The molecule has 0 spiro atoms. The Morgan fingerprint density at radius 2 is 1.23 bits per heavy atom. The largest absolute Gasteiger partial charge is 0.394 e. The van der Waals surface area contributed by atoms with Gasteiger partial charge in [0.05, 0.1) is 12.8 Å². The molecule has 0 fully saturated rings. The van der Waals surface area contributed by atoms with Crippen molar-refractivity contribution in [1.82, 2.24) is 0 Å². The van der Waals surface area contributed by atoms with Gasteiger partial charge < -0.3 is 26.8 Å². The van der Waals surface area contributed by atoms with Gasteiger partial charge in [0.1, 0.15) is 12.2 Å². The lowest BCUT2D eigenvalue weighted by Gasteiger charge is -2.13. The SMILES string of the molecule is CCC(N)N.CCCCCCCCC=CCCCCCCCC(=O)C(O)C(O)CO. The average Bonchev–Trinajstić information content (AvgIpc) is 2.75. The normalized spacial score (nSPS) is 13.3. The van der Waals surface area contributed by atoms with Crippen LogP contribution in [0.3, 0.4) is 0 Å². The van der Waals surface area contributed by atoms with Crippen molar-refractivity contribution in [2.75, 3.05) is 6.61 Å². The van der Waals surface area contributed by atoms with Crippen molar-refractivity contribution >= 4 is 5.78 Å². The van der Waals surface area contributed by atoms with Gasteiger partial charge >= 0.3 is 0 Å². The number of nitrogens with two attached hydrogens (primary N) is 2. The fourth-order valence-corrected chi connectivity index (χ4v) is 2.83. The zero-order chi connectivity index (χ0) is 23.0. The molecule has 0 heterocycles. The number of hydrogen-bond acceptors (Lipinski definition) is 6. The van der Waals surface area contributed by atoms with Gasteiger partial charge in [-0.25, -0.2) is 0 Å². The van der Waals surface area contributed by atoms with E-state index in [0.29, 0.717) is 0 Å². The van der Waals surface area contributed by atoms with Crippen LogP contribution in [0, 0.1) is 0 Å². The molecule has 6 heteroatoms. The summed E-state index contributed by atoms with van der Waals surface area (Å²) < 4.78 is 0. The van der Waals surface area contributed by atoms with Crippen molar-refractivity contribution in [2.24, 2.45) is 11.5 Å². The minimum absolute atomic E-state index is 0.116. The predicted octanol–water partition coefficient (Wildman–Crippen LogP) is 3.95. The molecule has 2 atom stereocenters. The maximum atomic E-state index is 11.5. The van der Waals surface area contributed by atoms with E-state index in [9.17, 15) is 15.0 Å². The van der Waals surface area contributed by atoms with Gasteiger partial charge in [-0.15, -0.1) is 0 Å². The Morgan fingerprint density at radius 3 is 1.67 bits per heavy atom. The van der Waals surface area contributed by atoms with E-state index in [-0.39, 0.29) is 18.4 Å². The summed E-state index contributed by atoms with van der Waals surface area (Å²) in [5, 5.41) is 27.3. The number of aliphatic hydroxyl groups excluding tert-OH is 3. The van der Waals surface area contributed by atoms with E-state index < -0.39 is 18.8 Å². The van der Waals surface area contributed by atoms with Gasteiger partial charge in [0.2, 0.25) is 0 Å². The molecule has 0 rings (SSSR count). The van der Waals surface area contributed by atoms with Gasteiger partial charge in [-0.05, 0) is 38.5 Å². The zero-order valence-corrected chi connectivity index (χ0v) is 19.6. The molecule has 0 aromatic rings. The van der Waals surface area contributed by atoms with Gasteiger partial charge in [-0.3, -0.25) is 4.79 Å². The van der Waals surface area contributed by atoms with E-state index in [0.717, 1.165) is 38.5 Å². The lowest BCUT2D eigenvalue weighted by Crippen LogP contribution is -2.36. The molecule has 7 N–H and O–H groups in total. The second kappa shape index (κ2) is 24.5. The second-order valence-electron chi connectivity index (χ2n) is 8.07. The zero-order valence-electron chi connectivity index (χ0n) is 19.6. The molecule has 0 aliphatic carbocycles. The van der Waals surface area contributed by atoms with Crippen molar-refractivity contribution in [3.05, 3.63) is 12.2 Å². The standard InChI is InChI=1S/C21H40O4.C3H10N2/c1-2-3-4-5-6-7-8-9-10-11-12-13-14-15-16-17-19(23)21(25)20(24)18-22;1-2-3(4)5/h9-10,20-22,24-25H,2-8,11-18H2,1H3;3H,2,4-5H2,1H3. The molecule has 180 valence electrons. The van der Waals surface area contributed by atoms with E-state index in [4.69, 9.17) is 16.6 Å². The Bertz CT molecular complexity index is 389. The topological polar surface area (TPSA) is 130 Å². The fraction of sp³-hybridized carbons (Fsp3) is 0.875. The van der Waals surface area contributed by atoms with Crippen LogP contribution in [0.25, 0.3) is 0 Å². The van der Waals surface area contributed by atoms with Crippen molar-refractivity contribution in [2.45, 2.75) is 129 Å². The average molecular weight is 431 g/mol. The first-order chi connectivity index (χ1) is 14.4.